The number of rotatable bonds is 9. The second-order valence-corrected chi connectivity index (χ2v) is 5.33. The third kappa shape index (κ3) is 24.0. The van der Waals surface area contributed by atoms with Crippen molar-refractivity contribution < 1.29 is 63.5 Å². The molecule has 1 atom stereocenters. The van der Waals surface area contributed by atoms with Crippen molar-refractivity contribution in [2.24, 2.45) is 0 Å². The van der Waals surface area contributed by atoms with Crippen molar-refractivity contribution in [2.75, 3.05) is 21.3 Å². The summed E-state index contributed by atoms with van der Waals surface area (Å²) in [7, 11) is 1.68. The van der Waals surface area contributed by atoms with E-state index in [2.05, 4.69) is 68.2 Å². The fourth-order valence-corrected chi connectivity index (χ4v) is 1.48. The molecule has 0 saturated heterocycles. The Hall–Kier alpha value is -1.97. The maximum atomic E-state index is 11.4. The summed E-state index contributed by atoms with van der Waals surface area (Å²) in [4.78, 5) is 10.7. The average molecular weight is 450 g/mol. The summed E-state index contributed by atoms with van der Waals surface area (Å²) in [6.07, 6.45) is 5.81. The van der Waals surface area contributed by atoms with Crippen LogP contribution in [-0.2, 0) is 52.5 Å². The number of terminal acetylenes is 1. The lowest BCUT2D eigenvalue weighted by Gasteiger charge is -2.13. The molecule has 0 aromatic heterocycles. The molecule has 0 fully saturated rings. The number of phosphoric acid groups is 1. The van der Waals surface area contributed by atoms with E-state index in [0.29, 0.717) is 0 Å². The molecule has 0 aliphatic heterocycles. The number of hydrogen-bond donors (Lipinski definition) is 1. The predicted molar refractivity (Wildman–Crippen MR) is 105 cm³/mol. The number of hydrogen-bond acceptors (Lipinski definition) is 12. The molecule has 0 bridgehead atoms. The molecular formula is C14H28O12P2. The minimum Gasteiger partial charge on any atom is -0.466 e. The first kappa shape index (κ1) is 30.7. The van der Waals surface area contributed by atoms with E-state index in [-0.39, 0.29) is 11.5 Å². The van der Waals surface area contributed by atoms with E-state index < -0.39 is 13.8 Å². The van der Waals surface area contributed by atoms with Crippen molar-refractivity contribution in [1.29, 1.82) is 0 Å². The van der Waals surface area contributed by atoms with E-state index in [0.717, 1.165) is 6.08 Å². The summed E-state index contributed by atoms with van der Waals surface area (Å²) in [5, 5.41) is 20.4. The van der Waals surface area contributed by atoms with Gasteiger partial charge in [0.25, 0.3) is 0 Å². The van der Waals surface area contributed by atoms with Gasteiger partial charge in [0.15, 0.2) is 0 Å². The predicted octanol–water partition coefficient (Wildman–Crippen LogP) is 3.10. The molecule has 0 aromatic rings. The van der Waals surface area contributed by atoms with Crippen molar-refractivity contribution in [1.82, 2.24) is 0 Å². The smallest absolute Gasteiger partial charge is 0.466 e. The highest BCUT2D eigenvalue weighted by Crippen LogP contribution is 2.49. The van der Waals surface area contributed by atoms with Gasteiger partial charge in [0, 0.05) is 29.4 Å². The number of esters is 1. The number of allylic oxidation sites excluding steroid dienone is 1. The molecule has 0 aliphatic carbocycles. The zero-order valence-corrected chi connectivity index (χ0v) is 17.7. The molecule has 14 heteroatoms. The van der Waals surface area contributed by atoms with Crippen molar-refractivity contribution in [3.8, 4) is 36.0 Å². The quantitative estimate of drug-likeness (QED) is 0.0807. The second kappa shape index (κ2) is 23.1. The van der Waals surface area contributed by atoms with Crippen molar-refractivity contribution in [2.45, 2.75) is 13.8 Å². The number of phosphoric ester groups is 1. The SMILES string of the molecule is C#CC#CC#CC.COC(=O)C=C(C)OP(=O)(OC)OC.OOOOOOP.[HH].[HH].[HH].[HH]. The second-order valence-electron chi connectivity index (χ2n) is 3.33. The Balaban J connectivity index is -0.0000000601. The molecule has 0 amide bonds. The largest absolute Gasteiger partial charge is 0.529 e. The van der Waals surface area contributed by atoms with Gasteiger partial charge in [-0.05, 0) is 57.7 Å². The number of carbonyl (C=O) groups excluding carboxylic acids is 1. The Kier molecular flexibility index (Phi) is 25.3. The topological polar surface area (TPSA) is 137 Å². The van der Waals surface area contributed by atoms with Gasteiger partial charge >= 0.3 is 13.8 Å². The number of carbonyl (C=O) groups is 1. The molecule has 166 valence electrons. The maximum Gasteiger partial charge on any atom is 0.529 e. The maximum absolute atomic E-state index is 11.4. The van der Waals surface area contributed by atoms with E-state index in [9.17, 15) is 9.36 Å². The Morgan fingerprint density at radius 1 is 1.14 bits per heavy atom. The molecule has 0 aromatic carbocycles. The summed E-state index contributed by atoms with van der Waals surface area (Å²) in [5.41, 5.74) is 0. The number of ether oxygens (including phenoxy) is 1. The molecule has 0 radical (unpaired) electrons. The van der Waals surface area contributed by atoms with Gasteiger partial charge in [-0.15, -0.1) is 6.42 Å². The fraction of sp³-hybridized carbons (Fsp3) is 0.357. The van der Waals surface area contributed by atoms with Crippen LogP contribution in [0.4, 0.5) is 0 Å². The third-order valence-electron chi connectivity index (χ3n) is 1.67. The summed E-state index contributed by atoms with van der Waals surface area (Å²) in [5.74, 6) is 11.5. The van der Waals surface area contributed by atoms with Crippen LogP contribution in [0.25, 0.3) is 0 Å². The summed E-state index contributed by atoms with van der Waals surface area (Å²) < 4.78 is 33.2. The molecule has 12 nitrogen and oxygen atoms in total. The van der Waals surface area contributed by atoms with Crippen LogP contribution in [-0.4, -0.2) is 32.6 Å². The third-order valence-corrected chi connectivity index (χ3v) is 3.16. The summed E-state index contributed by atoms with van der Waals surface area (Å²) >= 11 is 0. The van der Waals surface area contributed by atoms with Gasteiger partial charge in [0.05, 0.1) is 13.2 Å². The first-order valence-corrected chi connectivity index (χ1v) is 8.45. The minimum atomic E-state index is -3.58. The Bertz CT molecular complexity index is 653. The van der Waals surface area contributed by atoms with Gasteiger partial charge in [-0.25, -0.2) is 14.6 Å². The highest BCUT2D eigenvalue weighted by atomic mass is 31.2. The molecule has 0 saturated carbocycles. The lowest BCUT2D eigenvalue weighted by molar-refractivity contribution is -0.740. The van der Waals surface area contributed by atoms with Crippen LogP contribution in [0.5, 0.6) is 0 Å². The molecule has 0 aliphatic rings. The lowest BCUT2D eigenvalue weighted by Crippen LogP contribution is -1.99. The van der Waals surface area contributed by atoms with E-state index in [1.807, 2.05) is 0 Å². The normalized spacial score (nSPS) is 9.43. The van der Waals surface area contributed by atoms with Crippen molar-refractivity contribution >= 4 is 23.3 Å². The molecule has 28 heavy (non-hydrogen) atoms. The van der Waals surface area contributed by atoms with Crippen LogP contribution in [0.1, 0.15) is 19.6 Å². The highest BCUT2D eigenvalue weighted by Gasteiger charge is 2.24. The standard InChI is InChI=1S/C7H13O6P.C7H4.H3O6P.4H2/c1-6(5-7(8)10-2)13-14(9,11-3)12-4;1-3-5-7-6-4-2;1-2-3-4-5-6-7;;;;/h5H,1-4H3;1H,2H3;1H,7H2;4*1H. The van der Waals surface area contributed by atoms with Gasteiger partial charge in [-0.3, -0.25) is 9.05 Å². The fourth-order valence-electron chi connectivity index (χ4n) is 0.746. The van der Waals surface area contributed by atoms with E-state index in [1.165, 1.54) is 28.3 Å². The van der Waals surface area contributed by atoms with Gasteiger partial charge < -0.3 is 9.26 Å². The van der Waals surface area contributed by atoms with Crippen LogP contribution in [0.3, 0.4) is 0 Å². The van der Waals surface area contributed by atoms with Crippen LogP contribution >= 0.6 is 17.3 Å². The van der Waals surface area contributed by atoms with Crippen LogP contribution in [0, 0.1) is 36.0 Å². The van der Waals surface area contributed by atoms with E-state index in [1.54, 1.807) is 16.4 Å². The van der Waals surface area contributed by atoms with Gasteiger partial charge in [0.1, 0.15) is 5.76 Å². The lowest BCUT2D eigenvalue weighted by atomic mass is 10.5. The van der Waals surface area contributed by atoms with Gasteiger partial charge in [-0.2, -0.15) is 4.67 Å². The van der Waals surface area contributed by atoms with Crippen molar-refractivity contribution in [3.05, 3.63) is 11.8 Å². The zero-order chi connectivity index (χ0) is 22.3. The van der Waals surface area contributed by atoms with Crippen LogP contribution in [0.15, 0.2) is 11.8 Å². The monoisotopic (exact) mass is 450 g/mol. The van der Waals surface area contributed by atoms with Crippen LogP contribution in [0.2, 0.25) is 0 Å². The van der Waals surface area contributed by atoms with E-state index in [4.69, 9.17) is 16.2 Å². The Labute approximate surface area is 170 Å². The Morgan fingerprint density at radius 3 is 2.14 bits per heavy atom. The van der Waals surface area contributed by atoms with Gasteiger partial charge in [0.2, 0.25) is 0 Å². The first-order valence-electron chi connectivity index (χ1n) is 6.52. The first-order chi connectivity index (χ1) is 13.3. The van der Waals surface area contributed by atoms with Gasteiger partial charge in [-0.1, -0.05) is 5.92 Å². The summed E-state index contributed by atoms with van der Waals surface area (Å²) in [6.45, 7) is 3.15. The number of methoxy groups -OCH3 is 1. The highest BCUT2D eigenvalue weighted by molar-refractivity contribution is 7.48. The molecule has 1 N–H and O–H groups in total. The van der Waals surface area contributed by atoms with E-state index >= 15 is 0 Å². The van der Waals surface area contributed by atoms with Crippen molar-refractivity contribution in [3.63, 3.8) is 0 Å². The average Bonchev–Trinajstić information content (AvgIpc) is 2.69. The molecular weight excluding hydrogens is 422 g/mol. The molecule has 0 heterocycles. The Morgan fingerprint density at radius 2 is 1.75 bits per heavy atom. The molecule has 0 spiro atoms. The molecule has 0 rings (SSSR count). The summed E-state index contributed by atoms with van der Waals surface area (Å²) in [6, 6.07) is 0. The molecule has 1 unspecified atom stereocenters. The minimum absolute atomic E-state index is 0. The van der Waals surface area contributed by atoms with Crippen LogP contribution < -0.4 is 0 Å². The zero-order valence-electron chi connectivity index (χ0n) is 15.6.